The summed E-state index contributed by atoms with van der Waals surface area (Å²) in [6.45, 7) is 0. The molecule has 0 radical (unpaired) electrons. The van der Waals surface area contributed by atoms with E-state index in [0.29, 0.717) is 0 Å². The number of nitro groups is 1. The fraction of sp³-hybridized carbons (Fsp3) is 0.500. The van der Waals surface area contributed by atoms with Crippen LogP contribution in [0.3, 0.4) is 0 Å². The zero-order valence-corrected chi connectivity index (χ0v) is 11.3. The van der Waals surface area contributed by atoms with Gasteiger partial charge in [-0.15, -0.1) is 0 Å². The minimum atomic E-state index is -0.974. The summed E-state index contributed by atoms with van der Waals surface area (Å²) in [6.07, 6.45) is 5.29. The molecule has 0 bridgehead atoms. The molecule has 6 heteroatoms. The van der Waals surface area contributed by atoms with Gasteiger partial charge >= 0.3 is 5.69 Å². The average molecular weight is 280 g/mol. The molecule has 20 heavy (non-hydrogen) atoms. The molecule has 0 atom stereocenters. The van der Waals surface area contributed by atoms with E-state index >= 15 is 0 Å². The van der Waals surface area contributed by atoms with E-state index in [2.05, 4.69) is 0 Å². The summed E-state index contributed by atoms with van der Waals surface area (Å²) in [4.78, 5) is 23.6. The molecule has 1 aliphatic carbocycles. The molecule has 5 nitrogen and oxygen atoms in total. The van der Waals surface area contributed by atoms with Crippen molar-refractivity contribution in [3.63, 3.8) is 0 Å². The highest BCUT2D eigenvalue weighted by Crippen LogP contribution is 2.24. The van der Waals surface area contributed by atoms with Gasteiger partial charge in [-0.1, -0.05) is 19.3 Å². The van der Waals surface area contributed by atoms with E-state index < -0.39 is 16.4 Å². The van der Waals surface area contributed by atoms with Crippen molar-refractivity contribution in [1.29, 1.82) is 0 Å². The number of hydrogen-bond donors (Lipinski definition) is 0. The Hall–Kier alpha value is -1.98. The Morgan fingerprint density at radius 3 is 2.55 bits per heavy atom. The van der Waals surface area contributed by atoms with Gasteiger partial charge in [-0.05, 0) is 25.0 Å². The van der Waals surface area contributed by atoms with Gasteiger partial charge < -0.3 is 4.90 Å². The zero-order chi connectivity index (χ0) is 14.7. The molecule has 1 aromatic rings. The van der Waals surface area contributed by atoms with Crippen LogP contribution in [0.1, 0.15) is 42.5 Å². The van der Waals surface area contributed by atoms with Crippen LogP contribution in [0, 0.1) is 15.9 Å². The maximum atomic E-state index is 13.6. The van der Waals surface area contributed by atoms with Crippen LogP contribution in [-0.2, 0) is 0 Å². The highest BCUT2D eigenvalue weighted by Gasteiger charge is 2.24. The molecule has 0 spiro atoms. The van der Waals surface area contributed by atoms with Crippen LogP contribution >= 0.6 is 0 Å². The minimum absolute atomic E-state index is 0.154. The van der Waals surface area contributed by atoms with Gasteiger partial charge in [0.1, 0.15) is 0 Å². The Labute approximate surface area is 116 Å². The summed E-state index contributed by atoms with van der Waals surface area (Å²) in [5.74, 6) is -1.26. The Bertz CT molecular complexity index is 527. The minimum Gasteiger partial charge on any atom is -0.339 e. The molecule has 0 heterocycles. The van der Waals surface area contributed by atoms with E-state index in [1.807, 2.05) is 0 Å². The molecule has 1 saturated carbocycles. The van der Waals surface area contributed by atoms with Gasteiger partial charge in [-0.2, -0.15) is 4.39 Å². The van der Waals surface area contributed by atoms with Crippen molar-refractivity contribution in [2.75, 3.05) is 7.05 Å². The number of benzene rings is 1. The van der Waals surface area contributed by atoms with Crippen molar-refractivity contribution < 1.29 is 14.1 Å². The monoisotopic (exact) mass is 280 g/mol. The molecule has 1 aliphatic rings. The summed E-state index contributed by atoms with van der Waals surface area (Å²) in [7, 11) is 1.71. The third kappa shape index (κ3) is 2.95. The average Bonchev–Trinajstić information content (AvgIpc) is 2.46. The van der Waals surface area contributed by atoms with E-state index in [1.165, 1.54) is 12.5 Å². The first-order chi connectivity index (χ1) is 9.50. The molecule has 0 aliphatic heterocycles. The molecule has 0 aromatic heterocycles. The topological polar surface area (TPSA) is 63.5 Å². The van der Waals surface area contributed by atoms with Crippen LogP contribution in [0.4, 0.5) is 10.1 Å². The third-order valence-electron chi connectivity index (χ3n) is 3.83. The molecule has 2 rings (SSSR count). The fourth-order valence-electron chi connectivity index (χ4n) is 2.63. The molecule has 108 valence electrons. The molecule has 1 amide bonds. The van der Waals surface area contributed by atoms with Crippen LogP contribution in [0.15, 0.2) is 18.2 Å². The first-order valence-corrected chi connectivity index (χ1v) is 6.72. The van der Waals surface area contributed by atoms with Crippen LogP contribution < -0.4 is 0 Å². The standard InChI is InChI=1S/C14H17FN2O3/c1-16(11-5-3-2-4-6-11)14(18)10-7-8-13(17(19)20)12(15)9-10/h7-9,11H,2-6H2,1H3. The Morgan fingerprint density at radius 2 is 2.00 bits per heavy atom. The largest absolute Gasteiger partial charge is 0.339 e. The smallest absolute Gasteiger partial charge is 0.304 e. The fourth-order valence-corrected chi connectivity index (χ4v) is 2.63. The van der Waals surface area contributed by atoms with Crippen LogP contribution in [0.25, 0.3) is 0 Å². The van der Waals surface area contributed by atoms with Crippen molar-refractivity contribution in [3.05, 3.63) is 39.7 Å². The second-order valence-electron chi connectivity index (χ2n) is 5.13. The van der Waals surface area contributed by atoms with Gasteiger partial charge in [-0.3, -0.25) is 14.9 Å². The second kappa shape index (κ2) is 5.98. The lowest BCUT2D eigenvalue weighted by molar-refractivity contribution is -0.387. The summed E-state index contributed by atoms with van der Waals surface area (Å²) in [5, 5.41) is 10.6. The summed E-state index contributed by atoms with van der Waals surface area (Å²) in [5.41, 5.74) is -0.456. The van der Waals surface area contributed by atoms with Gasteiger partial charge in [0, 0.05) is 24.7 Å². The van der Waals surface area contributed by atoms with Gasteiger partial charge in [-0.25, -0.2) is 0 Å². The SMILES string of the molecule is CN(C(=O)c1ccc([N+](=O)[O-])c(F)c1)C1CCCCC1. The Balaban J connectivity index is 2.16. The zero-order valence-electron chi connectivity index (χ0n) is 11.3. The number of rotatable bonds is 3. The summed E-state index contributed by atoms with van der Waals surface area (Å²) in [6, 6.07) is 3.47. The first-order valence-electron chi connectivity index (χ1n) is 6.72. The van der Waals surface area contributed by atoms with E-state index in [-0.39, 0.29) is 17.5 Å². The number of halogens is 1. The lowest BCUT2D eigenvalue weighted by atomic mass is 9.94. The number of nitrogens with zero attached hydrogens (tertiary/aromatic N) is 2. The highest BCUT2D eigenvalue weighted by molar-refractivity contribution is 5.94. The lowest BCUT2D eigenvalue weighted by Crippen LogP contribution is -2.38. The number of nitro benzene ring substituents is 1. The Morgan fingerprint density at radius 1 is 1.35 bits per heavy atom. The quantitative estimate of drug-likeness (QED) is 0.631. The van der Waals surface area contributed by atoms with Gasteiger partial charge in [0.15, 0.2) is 0 Å². The number of hydrogen-bond acceptors (Lipinski definition) is 3. The maximum Gasteiger partial charge on any atom is 0.304 e. The maximum absolute atomic E-state index is 13.6. The van der Waals surface area contributed by atoms with Crippen LogP contribution in [0.5, 0.6) is 0 Å². The molecule has 0 N–H and O–H groups in total. The van der Waals surface area contributed by atoms with Crippen LogP contribution in [0.2, 0.25) is 0 Å². The summed E-state index contributed by atoms with van der Waals surface area (Å²) < 4.78 is 13.6. The van der Waals surface area contributed by atoms with E-state index in [9.17, 15) is 19.3 Å². The van der Waals surface area contributed by atoms with Gasteiger partial charge in [0.25, 0.3) is 5.91 Å². The molecular formula is C14H17FN2O3. The number of carbonyl (C=O) groups is 1. The highest BCUT2D eigenvalue weighted by atomic mass is 19.1. The van der Waals surface area contributed by atoms with E-state index in [4.69, 9.17) is 0 Å². The predicted octanol–water partition coefficient (Wildman–Crippen LogP) is 3.14. The first kappa shape index (κ1) is 14.4. The molecule has 0 saturated heterocycles. The van der Waals surface area contributed by atoms with E-state index in [0.717, 1.165) is 37.8 Å². The lowest BCUT2D eigenvalue weighted by Gasteiger charge is -2.31. The third-order valence-corrected chi connectivity index (χ3v) is 3.83. The number of amides is 1. The van der Waals surface area contributed by atoms with Crippen molar-refractivity contribution in [3.8, 4) is 0 Å². The van der Waals surface area contributed by atoms with Crippen molar-refractivity contribution in [2.45, 2.75) is 38.1 Å². The van der Waals surface area contributed by atoms with Crippen LogP contribution in [-0.4, -0.2) is 28.8 Å². The Kier molecular flexibility index (Phi) is 4.32. The van der Waals surface area contributed by atoms with Gasteiger partial charge in [0.2, 0.25) is 5.82 Å². The van der Waals surface area contributed by atoms with Crippen molar-refractivity contribution in [2.24, 2.45) is 0 Å². The van der Waals surface area contributed by atoms with Gasteiger partial charge in [0.05, 0.1) is 4.92 Å². The van der Waals surface area contributed by atoms with E-state index in [1.54, 1.807) is 11.9 Å². The predicted molar refractivity (Wildman–Crippen MR) is 72.0 cm³/mol. The second-order valence-corrected chi connectivity index (χ2v) is 5.13. The van der Waals surface area contributed by atoms with Crippen molar-refractivity contribution >= 4 is 11.6 Å². The molecular weight excluding hydrogens is 263 g/mol. The normalized spacial score (nSPS) is 15.9. The molecule has 1 fully saturated rings. The number of carbonyl (C=O) groups excluding carboxylic acids is 1. The summed E-state index contributed by atoms with van der Waals surface area (Å²) >= 11 is 0. The van der Waals surface area contributed by atoms with Crippen molar-refractivity contribution in [1.82, 2.24) is 4.90 Å². The molecule has 0 unspecified atom stereocenters. The molecule has 1 aromatic carbocycles.